The summed E-state index contributed by atoms with van der Waals surface area (Å²) >= 11 is 10.1. The van der Waals surface area contributed by atoms with Crippen LogP contribution in [0.5, 0.6) is 5.75 Å². The molecule has 3 heteroatoms. The summed E-state index contributed by atoms with van der Waals surface area (Å²) in [6, 6.07) is 6.23. The van der Waals surface area contributed by atoms with Gasteiger partial charge in [0.2, 0.25) is 0 Å². The standard InChI is InChI=1S/C17H24BrClO/c1-11(2)12-4-6-16(19)13(8-12)9-14-10-15(18)5-7-17(14)20-3/h5,7,10-13,16H,4,6,8-9H2,1-3H3. The second-order valence-corrected chi connectivity index (χ2v) is 7.73. The molecule has 0 N–H and O–H groups in total. The third-order valence-corrected chi connectivity index (χ3v) is 5.67. The molecule has 1 aliphatic carbocycles. The fraction of sp³-hybridized carbons (Fsp3) is 0.647. The van der Waals surface area contributed by atoms with Crippen molar-refractivity contribution in [2.75, 3.05) is 7.11 Å². The molecule has 1 aromatic carbocycles. The summed E-state index contributed by atoms with van der Waals surface area (Å²) in [4.78, 5) is 0. The molecular formula is C17H24BrClO. The minimum atomic E-state index is 0.300. The Morgan fingerprint density at radius 3 is 2.75 bits per heavy atom. The largest absolute Gasteiger partial charge is 0.496 e. The van der Waals surface area contributed by atoms with E-state index in [2.05, 4.69) is 35.8 Å². The van der Waals surface area contributed by atoms with Gasteiger partial charge >= 0.3 is 0 Å². The van der Waals surface area contributed by atoms with E-state index in [1.807, 2.05) is 12.1 Å². The molecule has 1 fully saturated rings. The monoisotopic (exact) mass is 358 g/mol. The first kappa shape index (κ1) is 16.2. The van der Waals surface area contributed by atoms with E-state index in [0.717, 1.165) is 34.9 Å². The highest BCUT2D eigenvalue weighted by molar-refractivity contribution is 9.10. The van der Waals surface area contributed by atoms with Crippen molar-refractivity contribution in [2.24, 2.45) is 17.8 Å². The molecule has 1 saturated carbocycles. The van der Waals surface area contributed by atoms with Gasteiger partial charge in [-0.3, -0.25) is 0 Å². The van der Waals surface area contributed by atoms with Crippen LogP contribution in [0.25, 0.3) is 0 Å². The highest BCUT2D eigenvalue weighted by atomic mass is 79.9. The highest BCUT2D eigenvalue weighted by Gasteiger charge is 2.31. The van der Waals surface area contributed by atoms with Crippen LogP contribution in [-0.2, 0) is 6.42 Å². The third-order valence-electron chi connectivity index (χ3n) is 4.60. The van der Waals surface area contributed by atoms with Gasteiger partial charge in [-0.2, -0.15) is 0 Å². The predicted molar refractivity (Wildman–Crippen MR) is 89.7 cm³/mol. The van der Waals surface area contributed by atoms with E-state index in [9.17, 15) is 0 Å². The predicted octanol–water partition coefficient (Wildman–Crippen LogP) is 5.68. The molecule has 0 radical (unpaired) electrons. The maximum Gasteiger partial charge on any atom is 0.122 e. The number of methoxy groups -OCH3 is 1. The van der Waals surface area contributed by atoms with Gasteiger partial charge < -0.3 is 4.74 Å². The van der Waals surface area contributed by atoms with Gasteiger partial charge in [-0.05, 0) is 67.2 Å². The summed E-state index contributed by atoms with van der Waals surface area (Å²) in [6.45, 7) is 4.66. The van der Waals surface area contributed by atoms with Gasteiger partial charge in [0.15, 0.2) is 0 Å². The molecule has 0 aliphatic heterocycles. The van der Waals surface area contributed by atoms with Crippen molar-refractivity contribution in [3.8, 4) is 5.75 Å². The van der Waals surface area contributed by atoms with Crippen LogP contribution in [0.4, 0.5) is 0 Å². The number of rotatable bonds is 4. The van der Waals surface area contributed by atoms with E-state index in [4.69, 9.17) is 16.3 Å². The van der Waals surface area contributed by atoms with Crippen molar-refractivity contribution in [3.05, 3.63) is 28.2 Å². The van der Waals surface area contributed by atoms with Crippen LogP contribution in [0.15, 0.2) is 22.7 Å². The summed E-state index contributed by atoms with van der Waals surface area (Å²) in [5.74, 6) is 3.10. The van der Waals surface area contributed by atoms with Crippen molar-refractivity contribution in [1.82, 2.24) is 0 Å². The van der Waals surface area contributed by atoms with Crippen LogP contribution in [0.3, 0.4) is 0 Å². The smallest absolute Gasteiger partial charge is 0.122 e. The molecule has 0 heterocycles. The van der Waals surface area contributed by atoms with Crippen molar-refractivity contribution >= 4 is 27.5 Å². The number of benzene rings is 1. The summed E-state index contributed by atoms with van der Waals surface area (Å²) in [6.07, 6.45) is 4.67. The minimum absolute atomic E-state index is 0.300. The molecule has 0 amide bonds. The molecule has 1 aliphatic rings. The minimum Gasteiger partial charge on any atom is -0.496 e. The molecule has 112 valence electrons. The van der Waals surface area contributed by atoms with E-state index in [1.54, 1.807) is 7.11 Å². The number of hydrogen-bond acceptors (Lipinski definition) is 1. The van der Waals surface area contributed by atoms with Crippen LogP contribution < -0.4 is 4.74 Å². The van der Waals surface area contributed by atoms with Crippen molar-refractivity contribution in [3.63, 3.8) is 0 Å². The fourth-order valence-corrected chi connectivity index (χ4v) is 4.00. The summed E-state index contributed by atoms with van der Waals surface area (Å²) in [7, 11) is 1.74. The van der Waals surface area contributed by atoms with Crippen molar-refractivity contribution in [1.29, 1.82) is 0 Å². The second kappa shape index (κ2) is 7.17. The maximum absolute atomic E-state index is 6.59. The SMILES string of the molecule is COc1ccc(Br)cc1CC1CC(C(C)C)CCC1Cl. The molecule has 0 aromatic heterocycles. The fourth-order valence-electron chi connectivity index (χ4n) is 3.27. The summed E-state index contributed by atoms with van der Waals surface area (Å²) < 4.78 is 6.59. The van der Waals surface area contributed by atoms with E-state index >= 15 is 0 Å². The Hall–Kier alpha value is -0.210. The lowest BCUT2D eigenvalue weighted by molar-refractivity contribution is 0.217. The zero-order valence-corrected chi connectivity index (χ0v) is 14.9. The molecular weight excluding hydrogens is 336 g/mol. The van der Waals surface area contributed by atoms with Crippen molar-refractivity contribution in [2.45, 2.75) is 44.9 Å². The van der Waals surface area contributed by atoms with Crippen LogP contribution >= 0.6 is 27.5 Å². The topological polar surface area (TPSA) is 9.23 Å². The zero-order valence-electron chi connectivity index (χ0n) is 12.5. The molecule has 0 spiro atoms. The molecule has 1 aromatic rings. The summed E-state index contributed by atoms with van der Waals surface area (Å²) in [5.41, 5.74) is 1.27. The average Bonchev–Trinajstić information content (AvgIpc) is 2.41. The molecule has 1 nitrogen and oxygen atoms in total. The van der Waals surface area contributed by atoms with Gasteiger partial charge in [-0.15, -0.1) is 11.6 Å². The average molecular weight is 360 g/mol. The van der Waals surface area contributed by atoms with Gasteiger partial charge in [-0.25, -0.2) is 0 Å². The van der Waals surface area contributed by atoms with Gasteiger partial charge in [0.25, 0.3) is 0 Å². The quantitative estimate of drug-likeness (QED) is 0.628. The van der Waals surface area contributed by atoms with Gasteiger partial charge in [-0.1, -0.05) is 29.8 Å². The Morgan fingerprint density at radius 1 is 1.35 bits per heavy atom. The Morgan fingerprint density at radius 2 is 2.10 bits per heavy atom. The maximum atomic E-state index is 6.59. The molecule has 20 heavy (non-hydrogen) atoms. The number of hydrogen-bond donors (Lipinski definition) is 0. The normalized spacial score (nSPS) is 26.8. The molecule has 3 unspecified atom stereocenters. The van der Waals surface area contributed by atoms with Crippen LogP contribution in [0.2, 0.25) is 0 Å². The summed E-state index contributed by atoms with van der Waals surface area (Å²) in [5, 5.41) is 0.300. The lowest BCUT2D eigenvalue weighted by Gasteiger charge is -2.35. The Kier molecular flexibility index (Phi) is 5.80. The number of halogens is 2. The van der Waals surface area contributed by atoms with E-state index in [0.29, 0.717) is 11.3 Å². The Bertz CT molecular complexity index is 447. The Labute approximate surface area is 136 Å². The molecule has 2 rings (SSSR count). The first-order valence-electron chi connectivity index (χ1n) is 7.47. The van der Waals surface area contributed by atoms with Gasteiger partial charge in [0, 0.05) is 9.85 Å². The first-order valence-corrected chi connectivity index (χ1v) is 8.70. The molecule has 0 saturated heterocycles. The van der Waals surface area contributed by atoms with E-state index < -0.39 is 0 Å². The Balaban J connectivity index is 2.13. The third kappa shape index (κ3) is 3.92. The van der Waals surface area contributed by atoms with Crippen LogP contribution in [0, 0.1) is 17.8 Å². The van der Waals surface area contributed by atoms with Gasteiger partial charge in [0.1, 0.15) is 5.75 Å². The van der Waals surface area contributed by atoms with E-state index in [1.165, 1.54) is 18.4 Å². The van der Waals surface area contributed by atoms with Crippen molar-refractivity contribution < 1.29 is 4.74 Å². The zero-order chi connectivity index (χ0) is 14.7. The highest BCUT2D eigenvalue weighted by Crippen LogP contribution is 2.39. The number of alkyl halides is 1. The van der Waals surface area contributed by atoms with Crippen LogP contribution in [-0.4, -0.2) is 12.5 Å². The van der Waals surface area contributed by atoms with E-state index in [-0.39, 0.29) is 0 Å². The lowest BCUT2D eigenvalue weighted by Crippen LogP contribution is -2.29. The lowest BCUT2D eigenvalue weighted by atomic mass is 9.74. The number of ether oxygens (including phenoxy) is 1. The molecule has 0 bridgehead atoms. The molecule has 3 atom stereocenters. The van der Waals surface area contributed by atoms with Crippen LogP contribution in [0.1, 0.15) is 38.7 Å². The first-order chi connectivity index (χ1) is 9.51. The van der Waals surface area contributed by atoms with Gasteiger partial charge in [0.05, 0.1) is 7.11 Å². The second-order valence-electron chi connectivity index (χ2n) is 6.25.